The molecule has 1 aliphatic heterocycles. The van der Waals surface area contributed by atoms with Gasteiger partial charge in [-0.3, -0.25) is 9.36 Å². The lowest BCUT2D eigenvalue weighted by atomic mass is 9.97. The number of piperidine rings is 1. The van der Waals surface area contributed by atoms with Crippen molar-refractivity contribution >= 4 is 23.4 Å². The van der Waals surface area contributed by atoms with E-state index in [9.17, 15) is 9.59 Å². The first-order valence-corrected chi connectivity index (χ1v) is 11.8. The molecule has 2 aromatic heterocycles. The molecule has 3 heterocycles. The highest BCUT2D eigenvalue weighted by Crippen LogP contribution is 2.25. The number of nitrogens with one attached hydrogen (secondary N) is 1. The largest absolute Gasteiger partial charge is 0.465 e. The van der Waals surface area contributed by atoms with Crippen LogP contribution in [0.5, 0.6) is 0 Å². The SMILES string of the molecule is COC(=O)c1ccccc1NC(=O)C1CCCN(c2ccc(-n3ccnc3-c3ccccc3)nn2)C1. The van der Waals surface area contributed by atoms with Crippen LogP contribution in [-0.2, 0) is 9.53 Å². The topological polar surface area (TPSA) is 102 Å². The lowest BCUT2D eigenvalue weighted by Crippen LogP contribution is -2.41. The zero-order chi connectivity index (χ0) is 24.9. The number of imidazole rings is 1. The van der Waals surface area contributed by atoms with E-state index >= 15 is 0 Å². The van der Waals surface area contributed by atoms with Crippen LogP contribution in [0.2, 0.25) is 0 Å². The van der Waals surface area contributed by atoms with Gasteiger partial charge in [-0.15, -0.1) is 10.2 Å². The Morgan fingerprint density at radius 2 is 1.72 bits per heavy atom. The second-order valence-corrected chi connectivity index (χ2v) is 8.55. The highest BCUT2D eigenvalue weighted by molar-refractivity contribution is 6.02. The summed E-state index contributed by atoms with van der Waals surface area (Å²) in [4.78, 5) is 31.6. The van der Waals surface area contributed by atoms with Crippen molar-refractivity contribution in [1.29, 1.82) is 0 Å². The van der Waals surface area contributed by atoms with E-state index in [1.54, 1.807) is 30.5 Å². The summed E-state index contributed by atoms with van der Waals surface area (Å²) in [6, 6.07) is 20.6. The van der Waals surface area contributed by atoms with Gasteiger partial charge in [0.2, 0.25) is 5.91 Å². The summed E-state index contributed by atoms with van der Waals surface area (Å²) in [7, 11) is 1.32. The van der Waals surface area contributed by atoms with E-state index in [1.165, 1.54) is 7.11 Å². The molecular weight excluding hydrogens is 456 g/mol. The second kappa shape index (κ2) is 10.4. The summed E-state index contributed by atoms with van der Waals surface area (Å²) in [5.41, 5.74) is 1.77. The third-order valence-corrected chi connectivity index (χ3v) is 6.26. The predicted octanol–water partition coefficient (Wildman–Crippen LogP) is 3.97. The lowest BCUT2D eigenvalue weighted by Gasteiger charge is -2.32. The molecule has 1 saturated heterocycles. The number of hydrogen-bond acceptors (Lipinski definition) is 7. The van der Waals surface area contributed by atoms with Crippen LogP contribution in [0.3, 0.4) is 0 Å². The van der Waals surface area contributed by atoms with Crippen LogP contribution in [0.4, 0.5) is 11.5 Å². The summed E-state index contributed by atoms with van der Waals surface area (Å²) >= 11 is 0. The Hall–Kier alpha value is -4.53. The van der Waals surface area contributed by atoms with Gasteiger partial charge in [0.25, 0.3) is 0 Å². The number of benzene rings is 2. The van der Waals surface area contributed by atoms with Crippen molar-refractivity contribution in [2.45, 2.75) is 12.8 Å². The zero-order valence-corrected chi connectivity index (χ0v) is 19.9. The minimum Gasteiger partial charge on any atom is -0.465 e. The average molecular weight is 483 g/mol. The fourth-order valence-corrected chi connectivity index (χ4v) is 4.42. The molecule has 2 aromatic carbocycles. The molecule has 0 saturated carbocycles. The van der Waals surface area contributed by atoms with Gasteiger partial charge in [0.05, 0.1) is 24.3 Å². The molecule has 182 valence electrons. The Morgan fingerprint density at radius 1 is 0.972 bits per heavy atom. The minimum absolute atomic E-state index is 0.133. The van der Waals surface area contributed by atoms with Gasteiger partial charge in [0.1, 0.15) is 5.82 Å². The Labute approximate surface area is 208 Å². The molecule has 1 N–H and O–H groups in total. The molecule has 0 spiro atoms. The number of para-hydroxylation sites is 1. The molecule has 9 nitrogen and oxygen atoms in total. The van der Waals surface area contributed by atoms with E-state index in [2.05, 4.69) is 25.4 Å². The van der Waals surface area contributed by atoms with Gasteiger partial charge in [-0.2, -0.15) is 0 Å². The van der Waals surface area contributed by atoms with Crippen LogP contribution in [0.15, 0.2) is 79.1 Å². The van der Waals surface area contributed by atoms with Crippen molar-refractivity contribution in [3.8, 4) is 17.2 Å². The summed E-state index contributed by atoms with van der Waals surface area (Å²) in [6.45, 7) is 1.30. The van der Waals surface area contributed by atoms with Gasteiger partial charge < -0.3 is 15.0 Å². The number of hydrogen-bond donors (Lipinski definition) is 1. The number of amides is 1. The van der Waals surface area contributed by atoms with E-state index in [-0.39, 0.29) is 11.8 Å². The van der Waals surface area contributed by atoms with Gasteiger partial charge in [-0.25, -0.2) is 9.78 Å². The molecule has 1 amide bonds. The van der Waals surface area contributed by atoms with Crippen molar-refractivity contribution < 1.29 is 14.3 Å². The molecule has 36 heavy (non-hydrogen) atoms. The molecule has 0 aliphatic carbocycles. The van der Waals surface area contributed by atoms with Crippen LogP contribution in [-0.4, -0.2) is 51.8 Å². The second-order valence-electron chi connectivity index (χ2n) is 8.55. The van der Waals surface area contributed by atoms with Gasteiger partial charge in [-0.1, -0.05) is 42.5 Å². The molecule has 9 heteroatoms. The van der Waals surface area contributed by atoms with Crippen molar-refractivity contribution in [2.75, 3.05) is 30.4 Å². The Morgan fingerprint density at radius 3 is 2.50 bits per heavy atom. The number of aromatic nitrogens is 4. The van der Waals surface area contributed by atoms with Crippen molar-refractivity contribution in [1.82, 2.24) is 19.7 Å². The lowest BCUT2D eigenvalue weighted by molar-refractivity contribution is -0.120. The number of ether oxygens (including phenoxy) is 1. The molecule has 1 fully saturated rings. The van der Waals surface area contributed by atoms with E-state index < -0.39 is 5.97 Å². The van der Waals surface area contributed by atoms with Crippen LogP contribution >= 0.6 is 0 Å². The number of carbonyl (C=O) groups is 2. The molecular formula is C27H26N6O3. The van der Waals surface area contributed by atoms with E-state index in [1.807, 2.05) is 53.2 Å². The highest BCUT2D eigenvalue weighted by Gasteiger charge is 2.28. The van der Waals surface area contributed by atoms with E-state index in [0.29, 0.717) is 29.4 Å². The Bertz CT molecular complexity index is 1350. The molecule has 5 rings (SSSR count). The maximum absolute atomic E-state index is 13.1. The van der Waals surface area contributed by atoms with Gasteiger partial charge >= 0.3 is 5.97 Å². The quantitative estimate of drug-likeness (QED) is 0.415. The summed E-state index contributed by atoms with van der Waals surface area (Å²) in [6.07, 6.45) is 5.20. The number of esters is 1. The zero-order valence-electron chi connectivity index (χ0n) is 19.9. The van der Waals surface area contributed by atoms with Crippen molar-refractivity contribution in [3.05, 3.63) is 84.7 Å². The van der Waals surface area contributed by atoms with Crippen molar-refractivity contribution in [3.63, 3.8) is 0 Å². The third kappa shape index (κ3) is 4.81. The first kappa shape index (κ1) is 23.2. The van der Waals surface area contributed by atoms with Crippen LogP contribution in [0, 0.1) is 5.92 Å². The normalized spacial score (nSPS) is 15.4. The number of methoxy groups -OCH3 is 1. The minimum atomic E-state index is -0.486. The van der Waals surface area contributed by atoms with Gasteiger partial charge in [0, 0.05) is 31.0 Å². The molecule has 4 aromatic rings. The average Bonchev–Trinajstić information content (AvgIpc) is 3.44. The van der Waals surface area contributed by atoms with Crippen molar-refractivity contribution in [2.24, 2.45) is 5.92 Å². The predicted molar refractivity (Wildman–Crippen MR) is 136 cm³/mol. The van der Waals surface area contributed by atoms with Crippen LogP contribution in [0.25, 0.3) is 17.2 Å². The fourth-order valence-electron chi connectivity index (χ4n) is 4.42. The Kier molecular flexibility index (Phi) is 6.70. The molecule has 1 unspecified atom stereocenters. The first-order valence-electron chi connectivity index (χ1n) is 11.8. The van der Waals surface area contributed by atoms with Gasteiger partial charge in [0.15, 0.2) is 11.6 Å². The number of anilines is 2. The maximum atomic E-state index is 13.1. The fraction of sp³-hybridized carbons (Fsp3) is 0.222. The van der Waals surface area contributed by atoms with E-state index in [4.69, 9.17) is 4.74 Å². The summed E-state index contributed by atoms with van der Waals surface area (Å²) in [5.74, 6) is 1.31. The standard InChI is InChI=1S/C27H26N6O3/c1-36-27(35)21-11-5-6-12-22(21)29-26(34)20-10-7-16-32(18-20)23-13-14-24(31-30-23)33-17-15-28-25(33)19-8-3-2-4-9-19/h2-6,8-9,11-15,17,20H,7,10,16,18H2,1H3,(H,29,34). The highest BCUT2D eigenvalue weighted by atomic mass is 16.5. The molecule has 0 radical (unpaired) electrons. The summed E-state index contributed by atoms with van der Waals surface area (Å²) in [5, 5.41) is 11.8. The molecule has 1 aliphatic rings. The summed E-state index contributed by atoms with van der Waals surface area (Å²) < 4.78 is 6.73. The number of carbonyl (C=O) groups excluding carboxylic acids is 2. The first-order chi connectivity index (χ1) is 17.6. The maximum Gasteiger partial charge on any atom is 0.339 e. The van der Waals surface area contributed by atoms with E-state index in [0.717, 1.165) is 30.8 Å². The monoisotopic (exact) mass is 482 g/mol. The number of nitrogens with zero attached hydrogens (tertiary/aromatic N) is 5. The smallest absolute Gasteiger partial charge is 0.339 e. The molecule has 1 atom stereocenters. The van der Waals surface area contributed by atoms with Gasteiger partial charge in [-0.05, 0) is 37.1 Å². The van der Waals surface area contributed by atoms with Crippen LogP contribution < -0.4 is 10.2 Å². The number of rotatable bonds is 6. The third-order valence-electron chi connectivity index (χ3n) is 6.26. The van der Waals surface area contributed by atoms with Crippen LogP contribution in [0.1, 0.15) is 23.2 Å². The molecule has 0 bridgehead atoms. The Balaban J connectivity index is 1.29.